The molecule has 1 fully saturated rings. The van der Waals surface area contributed by atoms with Crippen molar-refractivity contribution in [3.8, 4) is 5.75 Å². The van der Waals surface area contributed by atoms with E-state index in [1.54, 1.807) is 0 Å². The monoisotopic (exact) mass is 303 g/mol. The van der Waals surface area contributed by atoms with Crippen LogP contribution in [0.1, 0.15) is 10.4 Å². The fraction of sp³-hybridized carbons (Fsp3) is 0.412. The Kier molecular flexibility index (Phi) is 4.91. The fourth-order valence-corrected chi connectivity index (χ4v) is 3.22. The summed E-state index contributed by atoms with van der Waals surface area (Å²) in [6.07, 6.45) is 0.153. The third-order valence-electron chi connectivity index (χ3n) is 3.64. The van der Waals surface area contributed by atoms with E-state index in [1.807, 2.05) is 23.5 Å². The van der Waals surface area contributed by atoms with Crippen molar-refractivity contribution in [1.82, 2.24) is 4.90 Å². The number of aryl methyl sites for hydroxylation is 1. The average molecular weight is 303 g/mol. The normalized spacial score (nSPS) is 19.6. The Hall–Kier alpha value is -1.36. The summed E-state index contributed by atoms with van der Waals surface area (Å²) < 4.78 is 11.6. The zero-order valence-electron chi connectivity index (χ0n) is 12.3. The van der Waals surface area contributed by atoms with Crippen LogP contribution in [0, 0.1) is 6.92 Å². The van der Waals surface area contributed by atoms with E-state index in [2.05, 4.69) is 41.5 Å². The van der Waals surface area contributed by atoms with Gasteiger partial charge in [0.25, 0.3) is 0 Å². The minimum absolute atomic E-state index is 0.153. The van der Waals surface area contributed by atoms with E-state index in [4.69, 9.17) is 9.47 Å². The standard InChI is InChI=1S/C17H21NO2S/c1-14-4-6-15(7-5-14)20-13-16-11-18(8-9-19-16)12-17-3-2-10-21-17/h2-7,10,16H,8-9,11-13H2,1H3/t16-/m1/s1. The maximum absolute atomic E-state index is 5.83. The molecule has 1 saturated heterocycles. The van der Waals surface area contributed by atoms with Crippen LogP contribution < -0.4 is 4.74 Å². The van der Waals surface area contributed by atoms with E-state index < -0.39 is 0 Å². The van der Waals surface area contributed by atoms with Crippen LogP contribution >= 0.6 is 11.3 Å². The van der Waals surface area contributed by atoms with Crippen LogP contribution in [0.25, 0.3) is 0 Å². The number of benzene rings is 1. The fourth-order valence-electron chi connectivity index (χ4n) is 2.47. The first kappa shape index (κ1) is 14.6. The topological polar surface area (TPSA) is 21.7 Å². The quantitative estimate of drug-likeness (QED) is 0.845. The third-order valence-corrected chi connectivity index (χ3v) is 4.50. The van der Waals surface area contributed by atoms with E-state index >= 15 is 0 Å². The van der Waals surface area contributed by atoms with Crippen LogP contribution in [0.15, 0.2) is 41.8 Å². The summed E-state index contributed by atoms with van der Waals surface area (Å²) in [5, 5.41) is 2.13. The van der Waals surface area contributed by atoms with E-state index in [9.17, 15) is 0 Å². The second kappa shape index (κ2) is 7.07. The number of ether oxygens (including phenoxy) is 2. The first-order valence-electron chi connectivity index (χ1n) is 7.35. The molecule has 3 nitrogen and oxygen atoms in total. The summed E-state index contributed by atoms with van der Waals surface area (Å²) in [5.74, 6) is 0.916. The van der Waals surface area contributed by atoms with Gasteiger partial charge < -0.3 is 9.47 Å². The zero-order chi connectivity index (χ0) is 14.5. The van der Waals surface area contributed by atoms with Crippen molar-refractivity contribution in [3.05, 3.63) is 52.2 Å². The molecule has 0 spiro atoms. The molecule has 3 rings (SSSR count). The van der Waals surface area contributed by atoms with E-state index in [0.717, 1.165) is 32.0 Å². The van der Waals surface area contributed by atoms with Crippen LogP contribution in [0.2, 0.25) is 0 Å². The lowest BCUT2D eigenvalue weighted by molar-refractivity contribution is -0.0501. The Bertz CT molecular complexity index is 538. The highest BCUT2D eigenvalue weighted by atomic mass is 32.1. The predicted molar refractivity (Wildman–Crippen MR) is 86.0 cm³/mol. The van der Waals surface area contributed by atoms with Crippen LogP contribution in [0.4, 0.5) is 0 Å². The Labute approximate surface area is 130 Å². The second-order valence-corrected chi connectivity index (χ2v) is 6.46. The summed E-state index contributed by atoms with van der Waals surface area (Å²) in [5.41, 5.74) is 1.25. The first-order chi connectivity index (χ1) is 10.3. The SMILES string of the molecule is Cc1ccc(OC[C@H]2CN(Cc3cccs3)CCO2)cc1. The van der Waals surface area contributed by atoms with Gasteiger partial charge in [-0.3, -0.25) is 4.90 Å². The van der Waals surface area contributed by atoms with E-state index in [-0.39, 0.29) is 6.10 Å². The van der Waals surface area contributed by atoms with Crippen molar-refractivity contribution in [2.24, 2.45) is 0 Å². The van der Waals surface area contributed by atoms with Gasteiger partial charge in [-0.15, -0.1) is 11.3 Å². The molecule has 1 atom stereocenters. The number of hydrogen-bond acceptors (Lipinski definition) is 4. The molecular weight excluding hydrogens is 282 g/mol. The van der Waals surface area contributed by atoms with Crippen molar-refractivity contribution in [2.45, 2.75) is 19.6 Å². The molecule has 4 heteroatoms. The molecule has 0 aliphatic carbocycles. The van der Waals surface area contributed by atoms with Crippen molar-refractivity contribution in [2.75, 3.05) is 26.3 Å². The van der Waals surface area contributed by atoms with Gasteiger partial charge in [0.2, 0.25) is 0 Å². The maximum Gasteiger partial charge on any atom is 0.119 e. The number of hydrogen-bond donors (Lipinski definition) is 0. The van der Waals surface area contributed by atoms with Crippen LogP contribution in [-0.4, -0.2) is 37.3 Å². The van der Waals surface area contributed by atoms with E-state index in [0.29, 0.717) is 6.61 Å². The van der Waals surface area contributed by atoms with Crippen molar-refractivity contribution < 1.29 is 9.47 Å². The van der Waals surface area contributed by atoms with E-state index in [1.165, 1.54) is 10.4 Å². The molecule has 0 unspecified atom stereocenters. The summed E-state index contributed by atoms with van der Waals surface area (Å²) in [7, 11) is 0. The largest absolute Gasteiger partial charge is 0.491 e. The summed E-state index contributed by atoms with van der Waals surface area (Å²) >= 11 is 1.82. The number of nitrogens with zero attached hydrogens (tertiary/aromatic N) is 1. The van der Waals surface area contributed by atoms with Gasteiger partial charge in [0, 0.05) is 24.5 Å². The third kappa shape index (κ3) is 4.30. The highest BCUT2D eigenvalue weighted by Crippen LogP contribution is 2.16. The predicted octanol–water partition coefficient (Wildman–Crippen LogP) is 3.34. The molecule has 2 heterocycles. The molecule has 112 valence electrons. The number of morpholine rings is 1. The van der Waals surface area contributed by atoms with Gasteiger partial charge >= 0.3 is 0 Å². The highest BCUT2D eigenvalue weighted by molar-refractivity contribution is 7.09. The van der Waals surface area contributed by atoms with Gasteiger partial charge in [-0.1, -0.05) is 23.8 Å². The molecule has 2 aromatic rings. The zero-order valence-corrected chi connectivity index (χ0v) is 13.1. The van der Waals surface area contributed by atoms with Gasteiger partial charge in [-0.25, -0.2) is 0 Å². The lowest BCUT2D eigenvalue weighted by Crippen LogP contribution is -2.44. The molecular formula is C17H21NO2S. The lowest BCUT2D eigenvalue weighted by Gasteiger charge is -2.32. The molecule has 0 amide bonds. The Balaban J connectivity index is 1.48. The van der Waals surface area contributed by atoms with Crippen LogP contribution in [-0.2, 0) is 11.3 Å². The van der Waals surface area contributed by atoms with Gasteiger partial charge in [0.05, 0.1) is 6.61 Å². The molecule has 0 saturated carbocycles. The van der Waals surface area contributed by atoms with Crippen molar-refractivity contribution in [1.29, 1.82) is 0 Å². The van der Waals surface area contributed by atoms with Crippen LogP contribution in [0.5, 0.6) is 5.75 Å². The van der Waals surface area contributed by atoms with Gasteiger partial charge in [-0.2, -0.15) is 0 Å². The molecule has 1 aromatic heterocycles. The number of rotatable bonds is 5. The molecule has 0 radical (unpaired) electrons. The van der Waals surface area contributed by atoms with Gasteiger partial charge in [0.15, 0.2) is 0 Å². The molecule has 1 aromatic carbocycles. The second-order valence-electron chi connectivity index (χ2n) is 5.43. The smallest absolute Gasteiger partial charge is 0.119 e. The summed E-state index contributed by atoms with van der Waals surface area (Å²) in [6, 6.07) is 12.5. The van der Waals surface area contributed by atoms with Crippen molar-refractivity contribution >= 4 is 11.3 Å². The van der Waals surface area contributed by atoms with Gasteiger partial charge in [-0.05, 0) is 30.5 Å². The Morgan fingerprint density at radius 1 is 1.29 bits per heavy atom. The maximum atomic E-state index is 5.83. The van der Waals surface area contributed by atoms with Gasteiger partial charge in [0.1, 0.15) is 18.5 Å². The lowest BCUT2D eigenvalue weighted by atomic mass is 10.2. The number of thiophene rings is 1. The highest BCUT2D eigenvalue weighted by Gasteiger charge is 2.21. The molecule has 0 N–H and O–H groups in total. The molecule has 21 heavy (non-hydrogen) atoms. The summed E-state index contributed by atoms with van der Waals surface area (Å²) in [4.78, 5) is 3.86. The Morgan fingerprint density at radius 2 is 2.14 bits per heavy atom. The minimum Gasteiger partial charge on any atom is -0.491 e. The molecule has 1 aliphatic heterocycles. The van der Waals surface area contributed by atoms with Crippen LogP contribution in [0.3, 0.4) is 0 Å². The molecule has 1 aliphatic rings. The van der Waals surface area contributed by atoms with Crippen molar-refractivity contribution in [3.63, 3.8) is 0 Å². The average Bonchev–Trinajstić information content (AvgIpc) is 3.00. The summed E-state index contributed by atoms with van der Waals surface area (Å²) in [6.45, 7) is 6.43. The molecule has 0 bridgehead atoms. The first-order valence-corrected chi connectivity index (χ1v) is 8.23. The Morgan fingerprint density at radius 3 is 2.90 bits per heavy atom. The minimum atomic E-state index is 0.153.